The lowest BCUT2D eigenvalue weighted by molar-refractivity contribution is 0.457. The number of aromatic amines is 1. The molecule has 0 aliphatic heterocycles. The molecule has 1 fully saturated rings. The van der Waals surface area contributed by atoms with E-state index in [0.717, 1.165) is 28.2 Å². The molecular weight excluding hydrogens is 254 g/mol. The zero-order valence-electron chi connectivity index (χ0n) is 12.2. The maximum absolute atomic E-state index is 5.46. The molecular formula is C15H21N3S. The second kappa shape index (κ2) is 3.69. The van der Waals surface area contributed by atoms with Crippen molar-refractivity contribution < 1.29 is 0 Å². The first-order valence-electron chi connectivity index (χ1n) is 6.81. The molecule has 2 heterocycles. The molecule has 0 bridgehead atoms. The number of H-pyrrole nitrogens is 1. The Morgan fingerprint density at radius 1 is 1.26 bits per heavy atom. The minimum atomic E-state index is 0.370. The Morgan fingerprint density at radius 3 is 2.47 bits per heavy atom. The fraction of sp³-hybridized carbons (Fsp3) is 0.600. The van der Waals surface area contributed by atoms with Gasteiger partial charge in [0.25, 0.3) is 0 Å². The van der Waals surface area contributed by atoms with Gasteiger partial charge in [0, 0.05) is 12.2 Å². The van der Waals surface area contributed by atoms with Gasteiger partial charge in [-0.25, -0.2) is 4.98 Å². The average Bonchev–Trinajstić information content (AvgIpc) is 2.58. The fourth-order valence-corrected chi connectivity index (χ4v) is 3.54. The van der Waals surface area contributed by atoms with Crippen molar-refractivity contribution in [3.05, 3.63) is 22.6 Å². The summed E-state index contributed by atoms with van der Waals surface area (Å²) in [5.41, 5.74) is 3.80. The molecule has 0 saturated heterocycles. The Hall–Kier alpha value is -1.16. The third-order valence-electron chi connectivity index (χ3n) is 5.44. The van der Waals surface area contributed by atoms with Crippen LogP contribution in [-0.2, 0) is 6.54 Å². The van der Waals surface area contributed by atoms with Gasteiger partial charge in [0.2, 0.25) is 0 Å². The van der Waals surface area contributed by atoms with Crippen LogP contribution in [0.5, 0.6) is 0 Å². The first kappa shape index (κ1) is 12.9. The Kier molecular flexibility index (Phi) is 2.50. The summed E-state index contributed by atoms with van der Waals surface area (Å²) < 4.78 is 2.95. The van der Waals surface area contributed by atoms with Gasteiger partial charge in [0.15, 0.2) is 10.4 Å². The summed E-state index contributed by atoms with van der Waals surface area (Å²) in [6, 6.07) is 4.08. The van der Waals surface area contributed by atoms with Gasteiger partial charge in [0.1, 0.15) is 0 Å². The molecule has 1 saturated carbocycles. The van der Waals surface area contributed by atoms with Crippen molar-refractivity contribution in [1.29, 1.82) is 0 Å². The Morgan fingerprint density at radius 2 is 1.89 bits per heavy atom. The molecule has 0 unspecified atom stereocenters. The van der Waals surface area contributed by atoms with Crippen molar-refractivity contribution in [2.45, 2.75) is 41.2 Å². The molecule has 4 heteroatoms. The largest absolute Gasteiger partial charge is 0.329 e. The van der Waals surface area contributed by atoms with Gasteiger partial charge in [-0.1, -0.05) is 27.7 Å². The Balaban J connectivity index is 2.05. The van der Waals surface area contributed by atoms with Crippen molar-refractivity contribution in [3.63, 3.8) is 0 Å². The van der Waals surface area contributed by atoms with E-state index < -0.39 is 0 Å². The monoisotopic (exact) mass is 275 g/mol. The molecule has 3 rings (SSSR count). The number of nitrogens with one attached hydrogen (secondary N) is 1. The van der Waals surface area contributed by atoms with E-state index in [0.29, 0.717) is 16.7 Å². The van der Waals surface area contributed by atoms with E-state index in [-0.39, 0.29) is 0 Å². The van der Waals surface area contributed by atoms with E-state index in [2.05, 4.69) is 48.3 Å². The molecule has 3 nitrogen and oxygen atoms in total. The average molecular weight is 275 g/mol. The number of hydrogen-bond acceptors (Lipinski definition) is 2. The molecule has 0 aromatic carbocycles. The van der Waals surface area contributed by atoms with Gasteiger partial charge < -0.3 is 9.55 Å². The Bertz CT molecular complexity index is 692. The van der Waals surface area contributed by atoms with Crippen LogP contribution < -0.4 is 0 Å². The van der Waals surface area contributed by atoms with Gasteiger partial charge in [0.05, 0.1) is 5.52 Å². The number of pyridine rings is 1. The van der Waals surface area contributed by atoms with Crippen LogP contribution >= 0.6 is 12.2 Å². The van der Waals surface area contributed by atoms with Crippen molar-refractivity contribution >= 4 is 23.4 Å². The minimum absolute atomic E-state index is 0.370. The molecule has 1 N–H and O–H groups in total. The zero-order valence-corrected chi connectivity index (χ0v) is 13.1. The molecule has 2 aromatic rings. The number of nitrogens with zero attached hydrogens (tertiary/aromatic N) is 2. The van der Waals surface area contributed by atoms with Crippen molar-refractivity contribution in [1.82, 2.24) is 14.5 Å². The third-order valence-corrected chi connectivity index (χ3v) is 5.76. The van der Waals surface area contributed by atoms with Gasteiger partial charge >= 0.3 is 0 Å². The SMILES string of the molecule is Cc1ccc2[nH]c(=S)n(CC3C(C)(C)C3(C)C)c2n1. The molecule has 0 spiro atoms. The van der Waals surface area contributed by atoms with Crippen LogP contribution in [0, 0.1) is 28.4 Å². The fourth-order valence-electron chi connectivity index (χ4n) is 3.27. The second-order valence-electron chi connectivity index (χ2n) is 6.86. The van der Waals surface area contributed by atoms with Crippen LogP contribution in [0.3, 0.4) is 0 Å². The highest BCUT2D eigenvalue weighted by molar-refractivity contribution is 7.71. The summed E-state index contributed by atoms with van der Waals surface area (Å²) in [5, 5.41) is 0. The Labute approximate surface area is 119 Å². The summed E-state index contributed by atoms with van der Waals surface area (Å²) in [6.45, 7) is 12.3. The van der Waals surface area contributed by atoms with E-state index in [1.807, 2.05) is 13.0 Å². The van der Waals surface area contributed by atoms with Crippen molar-refractivity contribution in [2.24, 2.45) is 16.7 Å². The lowest BCUT2D eigenvalue weighted by Gasteiger charge is -2.05. The number of aryl methyl sites for hydroxylation is 1. The van der Waals surface area contributed by atoms with Crippen molar-refractivity contribution in [2.75, 3.05) is 0 Å². The number of fused-ring (bicyclic) bond motifs is 1. The standard InChI is InChI=1S/C15H21N3S/c1-9-6-7-10-12(16-9)18(13(19)17-10)8-11-14(2,3)15(11,4)5/h6-7,11H,8H2,1-5H3,(H,17,19). The van der Waals surface area contributed by atoms with Crippen LogP contribution in [0.4, 0.5) is 0 Å². The quantitative estimate of drug-likeness (QED) is 0.838. The maximum Gasteiger partial charge on any atom is 0.179 e. The van der Waals surface area contributed by atoms with E-state index in [1.54, 1.807) is 0 Å². The molecule has 0 radical (unpaired) electrons. The predicted octanol–water partition coefficient (Wildman–Crippen LogP) is 4.08. The summed E-state index contributed by atoms with van der Waals surface area (Å²) >= 11 is 5.46. The van der Waals surface area contributed by atoms with E-state index in [4.69, 9.17) is 12.2 Å². The maximum atomic E-state index is 5.46. The van der Waals surface area contributed by atoms with Crippen LogP contribution in [0.25, 0.3) is 11.2 Å². The van der Waals surface area contributed by atoms with Gasteiger partial charge in [-0.2, -0.15) is 0 Å². The summed E-state index contributed by atoms with van der Waals surface area (Å²) in [7, 11) is 0. The summed E-state index contributed by atoms with van der Waals surface area (Å²) in [5.74, 6) is 0.646. The van der Waals surface area contributed by atoms with Gasteiger partial charge in [-0.15, -0.1) is 0 Å². The number of hydrogen-bond donors (Lipinski definition) is 1. The minimum Gasteiger partial charge on any atom is -0.329 e. The molecule has 19 heavy (non-hydrogen) atoms. The third kappa shape index (κ3) is 1.69. The van der Waals surface area contributed by atoms with Crippen LogP contribution in [0.15, 0.2) is 12.1 Å². The summed E-state index contributed by atoms with van der Waals surface area (Å²) in [4.78, 5) is 7.90. The molecule has 0 atom stereocenters. The molecule has 2 aromatic heterocycles. The molecule has 102 valence electrons. The first-order chi connectivity index (χ1) is 8.75. The molecule has 1 aliphatic rings. The lowest BCUT2D eigenvalue weighted by Crippen LogP contribution is -2.05. The topological polar surface area (TPSA) is 33.6 Å². The van der Waals surface area contributed by atoms with E-state index in [1.165, 1.54) is 0 Å². The predicted molar refractivity (Wildman–Crippen MR) is 80.7 cm³/mol. The second-order valence-corrected chi connectivity index (χ2v) is 7.25. The van der Waals surface area contributed by atoms with Crippen LogP contribution in [-0.4, -0.2) is 14.5 Å². The zero-order chi connectivity index (χ0) is 14.0. The summed E-state index contributed by atoms with van der Waals surface area (Å²) in [6.07, 6.45) is 0. The lowest BCUT2D eigenvalue weighted by atomic mass is 10.0. The van der Waals surface area contributed by atoms with Crippen LogP contribution in [0.2, 0.25) is 0 Å². The molecule has 1 aliphatic carbocycles. The molecule has 0 amide bonds. The highest BCUT2D eigenvalue weighted by Gasteiger charge is 2.64. The van der Waals surface area contributed by atoms with Gasteiger partial charge in [-0.05, 0) is 48.0 Å². The van der Waals surface area contributed by atoms with Gasteiger partial charge in [-0.3, -0.25) is 0 Å². The van der Waals surface area contributed by atoms with Crippen molar-refractivity contribution in [3.8, 4) is 0 Å². The smallest absolute Gasteiger partial charge is 0.179 e. The number of rotatable bonds is 2. The van der Waals surface area contributed by atoms with E-state index >= 15 is 0 Å². The van der Waals surface area contributed by atoms with Crippen LogP contribution in [0.1, 0.15) is 33.4 Å². The highest BCUT2D eigenvalue weighted by atomic mass is 32.1. The first-order valence-corrected chi connectivity index (χ1v) is 7.22. The van der Waals surface area contributed by atoms with E-state index in [9.17, 15) is 0 Å². The number of aromatic nitrogens is 3. The normalized spacial score (nSPS) is 20.9. The number of imidazole rings is 1. The highest BCUT2D eigenvalue weighted by Crippen LogP contribution is 2.68.